The minimum Gasteiger partial charge on any atom is -0.507 e. The van der Waals surface area contributed by atoms with Crippen LogP contribution in [0.3, 0.4) is 0 Å². The molecule has 0 saturated carbocycles. The van der Waals surface area contributed by atoms with Gasteiger partial charge in [-0.05, 0) is 76.0 Å². The van der Waals surface area contributed by atoms with Crippen LogP contribution in [0.5, 0.6) is 5.75 Å². The topological polar surface area (TPSA) is 20.2 Å². The van der Waals surface area contributed by atoms with Crippen LogP contribution in [0.4, 0.5) is 0 Å². The van der Waals surface area contributed by atoms with Crippen LogP contribution in [-0.4, -0.2) is 5.11 Å². The summed E-state index contributed by atoms with van der Waals surface area (Å²) in [5.41, 5.74) is 2.97. The molecule has 0 aliphatic rings. The third kappa shape index (κ3) is 2.47. The Kier molecular flexibility index (Phi) is 3.75. The summed E-state index contributed by atoms with van der Waals surface area (Å²) in [7, 11) is 0. The molecule has 24 heavy (non-hydrogen) atoms. The number of phenols is 1. The van der Waals surface area contributed by atoms with Crippen molar-refractivity contribution in [3.05, 3.63) is 75.7 Å². The van der Waals surface area contributed by atoms with E-state index < -0.39 is 0 Å². The second-order valence-corrected chi connectivity index (χ2v) is 7.30. The van der Waals surface area contributed by atoms with Crippen molar-refractivity contribution in [2.75, 3.05) is 0 Å². The molecule has 0 unspecified atom stereocenters. The molecule has 0 aliphatic heterocycles. The highest BCUT2D eigenvalue weighted by molar-refractivity contribution is 9.10. The lowest BCUT2D eigenvalue weighted by molar-refractivity contribution is 0.477. The van der Waals surface area contributed by atoms with Gasteiger partial charge in [0.15, 0.2) is 0 Å². The molecule has 0 radical (unpaired) electrons. The van der Waals surface area contributed by atoms with Gasteiger partial charge in [-0.3, -0.25) is 0 Å². The molecule has 1 N–H and O–H groups in total. The molecule has 0 amide bonds. The van der Waals surface area contributed by atoms with Crippen molar-refractivity contribution >= 4 is 49.1 Å². The zero-order valence-electron chi connectivity index (χ0n) is 13.0. The molecule has 0 aromatic heterocycles. The molecule has 0 spiro atoms. The SMILES string of the molecule is Cc1cc(Cl)cc2c1cc(-c1ccc(Br)cc1O)c1ccccc12. The molecule has 0 bridgehead atoms. The Morgan fingerprint density at radius 2 is 1.54 bits per heavy atom. The highest BCUT2D eigenvalue weighted by atomic mass is 79.9. The van der Waals surface area contributed by atoms with Crippen LogP contribution in [0.1, 0.15) is 5.56 Å². The Morgan fingerprint density at radius 3 is 2.29 bits per heavy atom. The third-order valence-corrected chi connectivity index (χ3v) is 5.11. The summed E-state index contributed by atoms with van der Waals surface area (Å²) in [6.07, 6.45) is 0. The first-order chi connectivity index (χ1) is 11.5. The summed E-state index contributed by atoms with van der Waals surface area (Å²) >= 11 is 9.68. The maximum atomic E-state index is 10.4. The van der Waals surface area contributed by atoms with E-state index in [9.17, 15) is 5.11 Å². The van der Waals surface area contributed by atoms with Gasteiger partial charge < -0.3 is 5.11 Å². The monoisotopic (exact) mass is 396 g/mol. The zero-order valence-corrected chi connectivity index (χ0v) is 15.3. The van der Waals surface area contributed by atoms with Crippen molar-refractivity contribution in [1.82, 2.24) is 0 Å². The minimum atomic E-state index is 0.264. The van der Waals surface area contributed by atoms with Crippen LogP contribution < -0.4 is 0 Å². The van der Waals surface area contributed by atoms with Gasteiger partial charge in [-0.25, -0.2) is 0 Å². The van der Waals surface area contributed by atoms with Crippen LogP contribution >= 0.6 is 27.5 Å². The van der Waals surface area contributed by atoms with Gasteiger partial charge in [0.1, 0.15) is 5.75 Å². The number of aryl methyl sites for hydroxylation is 1. The van der Waals surface area contributed by atoms with Crippen LogP contribution in [0.15, 0.2) is 65.1 Å². The Hall–Kier alpha value is -2.03. The standard InChI is InChI=1S/C21H14BrClO/c1-12-8-14(23)10-19-15-4-2-3-5-16(15)20(11-18(12)19)17-7-6-13(22)9-21(17)24/h2-11,24H,1H3. The van der Waals surface area contributed by atoms with Crippen LogP contribution in [-0.2, 0) is 0 Å². The summed E-state index contributed by atoms with van der Waals surface area (Å²) < 4.78 is 0.858. The van der Waals surface area contributed by atoms with Crippen LogP contribution in [0.2, 0.25) is 5.02 Å². The summed E-state index contributed by atoms with van der Waals surface area (Å²) in [5, 5.41) is 15.7. The average molecular weight is 398 g/mol. The predicted molar refractivity (Wildman–Crippen MR) is 106 cm³/mol. The summed E-state index contributed by atoms with van der Waals surface area (Å²) in [6, 6.07) is 20.0. The highest BCUT2D eigenvalue weighted by Gasteiger charge is 2.13. The second-order valence-electron chi connectivity index (χ2n) is 5.95. The third-order valence-electron chi connectivity index (χ3n) is 4.40. The van der Waals surface area contributed by atoms with E-state index in [0.29, 0.717) is 0 Å². The second kappa shape index (κ2) is 5.80. The Bertz CT molecular complexity index is 1100. The number of rotatable bonds is 1. The summed E-state index contributed by atoms with van der Waals surface area (Å²) in [4.78, 5) is 0. The van der Waals surface area contributed by atoms with Gasteiger partial charge in [0.05, 0.1) is 0 Å². The van der Waals surface area contributed by atoms with Crippen LogP contribution in [0.25, 0.3) is 32.7 Å². The van der Waals surface area contributed by atoms with Crippen molar-refractivity contribution in [3.8, 4) is 16.9 Å². The summed E-state index contributed by atoms with van der Waals surface area (Å²) in [6.45, 7) is 2.06. The first kappa shape index (κ1) is 15.5. The number of aromatic hydroxyl groups is 1. The molecule has 3 heteroatoms. The van der Waals surface area contributed by atoms with Crippen molar-refractivity contribution in [1.29, 1.82) is 0 Å². The fourth-order valence-electron chi connectivity index (χ4n) is 3.30. The molecule has 1 nitrogen and oxygen atoms in total. The smallest absolute Gasteiger partial charge is 0.124 e. The molecule has 4 rings (SSSR count). The predicted octanol–water partition coefficient (Wildman–Crippen LogP) is 7.09. The van der Waals surface area contributed by atoms with Crippen molar-refractivity contribution in [2.24, 2.45) is 0 Å². The lowest BCUT2D eigenvalue weighted by Gasteiger charge is -2.14. The van der Waals surface area contributed by atoms with Crippen molar-refractivity contribution in [2.45, 2.75) is 6.92 Å². The Balaban J connectivity index is 2.19. The lowest BCUT2D eigenvalue weighted by atomic mass is 9.91. The first-order valence-electron chi connectivity index (χ1n) is 7.65. The number of hydrogen-bond acceptors (Lipinski definition) is 1. The molecule has 0 saturated heterocycles. The maximum Gasteiger partial charge on any atom is 0.124 e. The zero-order chi connectivity index (χ0) is 16.8. The van der Waals surface area contributed by atoms with E-state index in [-0.39, 0.29) is 5.75 Å². The van der Waals surface area contributed by atoms with E-state index in [0.717, 1.165) is 47.7 Å². The van der Waals surface area contributed by atoms with Gasteiger partial charge >= 0.3 is 0 Å². The van der Waals surface area contributed by atoms with Gasteiger partial charge in [0.25, 0.3) is 0 Å². The van der Waals surface area contributed by atoms with Crippen molar-refractivity contribution < 1.29 is 5.11 Å². The molecule has 118 valence electrons. The normalized spacial score (nSPS) is 11.3. The van der Waals surface area contributed by atoms with Gasteiger partial charge in [-0.2, -0.15) is 0 Å². The fourth-order valence-corrected chi connectivity index (χ4v) is 3.92. The van der Waals surface area contributed by atoms with Gasteiger partial charge in [0.2, 0.25) is 0 Å². The molecule has 0 aliphatic carbocycles. The number of halogens is 2. The lowest BCUT2D eigenvalue weighted by Crippen LogP contribution is -1.88. The summed E-state index contributed by atoms with van der Waals surface area (Å²) in [5.74, 6) is 0.264. The molecule has 0 fully saturated rings. The average Bonchev–Trinajstić information content (AvgIpc) is 2.55. The Labute approximate surface area is 153 Å². The van der Waals surface area contributed by atoms with Gasteiger partial charge in [-0.15, -0.1) is 0 Å². The highest BCUT2D eigenvalue weighted by Crippen LogP contribution is 2.40. The van der Waals surface area contributed by atoms with E-state index in [1.807, 2.05) is 36.4 Å². The molecule has 0 heterocycles. The molecular weight excluding hydrogens is 384 g/mol. The van der Waals surface area contributed by atoms with E-state index in [4.69, 9.17) is 11.6 Å². The Morgan fingerprint density at radius 1 is 0.792 bits per heavy atom. The van der Waals surface area contributed by atoms with Crippen LogP contribution in [0, 0.1) is 6.92 Å². The first-order valence-corrected chi connectivity index (χ1v) is 8.82. The quantitative estimate of drug-likeness (QED) is 0.340. The number of phenolic OH excluding ortho intramolecular Hbond substituents is 1. The van der Waals surface area contributed by atoms with E-state index in [2.05, 4.69) is 41.1 Å². The molecule has 4 aromatic carbocycles. The van der Waals surface area contributed by atoms with Gasteiger partial charge in [-0.1, -0.05) is 51.8 Å². The van der Waals surface area contributed by atoms with Gasteiger partial charge in [0, 0.05) is 15.1 Å². The molecule has 4 aromatic rings. The number of fused-ring (bicyclic) bond motifs is 3. The fraction of sp³-hybridized carbons (Fsp3) is 0.0476. The maximum absolute atomic E-state index is 10.4. The molecular formula is C21H14BrClO. The van der Waals surface area contributed by atoms with E-state index >= 15 is 0 Å². The number of benzene rings is 4. The van der Waals surface area contributed by atoms with E-state index in [1.165, 1.54) is 0 Å². The van der Waals surface area contributed by atoms with Crippen molar-refractivity contribution in [3.63, 3.8) is 0 Å². The minimum absolute atomic E-state index is 0.264. The van der Waals surface area contributed by atoms with E-state index in [1.54, 1.807) is 6.07 Å². The largest absolute Gasteiger partial charge is 0.507 e. The molecule has 0 atom stereocenters. The number of hydrogen-bond donors (Lipinski definition) is 1.